The molecule has 1 fully saturated rings. The van der Waals surface area contributed by atoms with E-state index in [0.29, 0.717) is 23.7 Å². The third kappa shape index (κ3) is 3.37. The van der Waals surface area contributed by atoms with Crippen LogP contribution in [0.15, 0.2) is 33.9 Å². The number of halogens is 1. The van der Waals surface area contributed by atoms with Gasteiger partial charge in [-0.15, -0.1) is 5.10 Å². The molecule has 0 N–H and O–H groups in total. The standard InChI is InChI=1S/C14H14ClN3O4S/c15-11-6-2-1-5-10(11)13-16-17-14(22-13)23(20,21)9-12(19)18-7-3-4-8-18/h1-2,5-6H,3-4,7-9H2. The van der Waals surface area contributed by atoms with Crippen molar-refractivity contribution < 1.29 is 17.6 Å². The van der Waals surface area contributed by atoms with Gasteiger partial charge in [-0.25, -0.2) is 8.42 Å². The molecule has 0 bridgehead atoms. The number of rotatable bonds is 4. The zero-order valence-corrected chi connectivity index (χ0v) is 13.7. The Morgan fingerprint density at radius 1 is 1.22 bits per heavy atom. The quantitative estimate of drug-likeness (QED) is 0.830. The number of likely N-dealkylation sites (tertiary alicyclic amines) is 1. The number of benzene rings is 1. The highest BCUT2D eigenvalue weighted by Gasteiger charge is 2.30. The predicted octanol–water partition coefficient (Wildman–Crippen LogP) is 1.79. The van der Waals surface area contributed by atoms with Gasteiger partial charge in [0.1, 0.15) is 5.75 Å². The van der Waals surface area contributed by atoms with E-state index in [2.05, 4.69) is 10.2 Å². The van der Waals surface area contributed by atoms with Crippen LogP contribution in [0.2, 0.25) is 5.02 Å². The average Bonchev–Trinajstić information content (AvgIpc) is 3.19. The molecule has 7 nitrogen and oxygen atoms in total. The maximum Gasteiger partial charge on any atom is 0.336 e. The summed E-state index contributed by atoms with van der Waals surface area (Å²) in [5.74, 6) is -1.11. The van der Waals surface area contributed by atoms with Gasteiger partial charge < -0.3 is 9.32 Å². The number of amides is 1. The molecule has 0 unspecified atom stereocenters. The molecule has 0 spiro atoms. The van der Waals surface area contributed by atoms with Crippen molar-refractivity contribution in [2.75, 3.05) is 18.8 Å². The Morgan fingerprint density at radius 3 is 2.61 bits per heavy atom. The molecule has 1 aliphatic heterocycles. The second kappa shape index (κ2) is 6.29. The van der Waals surface area contributed by atoms with Gasteiger partial charge in [-0.1, -0.05) is 28.8 Å². The summed E-state index contributed by atoms with van der Waals surface area (Å²) in [6.45, 7) is 1.17. The van der Waals surface area contributed by atoms with Gasteiger partial charge in [0.15, 0.2) is 0 Å². The Balaban J connectivity index is 1.81. The van der Waals surface area contributed by atoms with Gasteiger partial charge in [0.05, 0.1) is 10.6 Å². The second-order valence-electron chi connectivity index (χ2n) is 5.20. The highest BCUT2D eigenvalue weighted by molar-refractivity contribution is 7.91. The number of carbonyl (C=O) groups is 1. The van der Waals surface area contributed by atoms with E-state index >= 15 is 0 Å². The third-order valence-electron chi connectivity index (χ3n) is 3.55. The molecule has 1 amide bonds. The number of sulfone groups is 1. The number of hydrogen-bond acceptors (Lipinski definition) is 6. The Bertz CT molecular complexity index is 828. The van der Waals surface area contributed by atoms with Gasteiger partial charge in [-0.05, 0) is 25.0 Å². The molecule has 23 heavy (non-hydrogen) atoms. The first-order chi connectivity index (χ1) is 11.0. The molecule has 1 aromatic heterocycles. The lowest BCUT2D eigenvalue weighted by Crippen LogP contribution is -2.33. The minimum atomic E-state index is -3.97. The summed E-state index contributed by atoms with van der Waals surface area (Å²) < 4.78 is 29.7. The molecule has 1 saturated heterocycles. The first kappa shape index (κ1) is 15.9. The first-order valence-corrected chi connectivity index (χ1v) is 9.09. The van der Waals surface area contributed by atoms with Gasteiger partial charge in [-0.2, -0.15) is 0 Å². The van der Waals surface area contributed by atoms with Crippen molar-refractivity contribution in [1.82, 2.24) is 15.1 Å². The summed E-state index contributed by atoms with van der Waals surface area (Å²) in [7, 11) is -3.97. The van der Waals surface area contributed by atoms with E-state index in [1.54, 1.807) is 24.3 Å². The van der Waals surface area contributed by atoms with E-state index < -0.39 is 26.7 Å². The average molecular weight is 356 g/mol. The lowest BCUT2D eigenvalue weighted by atomic mass is 10.2. The van der Waals surface area contributed by atoms with Crippen molar-refractivity contribution >= 4 is 27.3 Å². The van der Waals surface area contributed by atoms with Crippen LogP contribution in [0.4, 0.5) is 0 Å². The van der Waals surface area contributed by atoms with E-state index in [0.717, 1.165) is 12.8 Å². The Labute approximate surface area is 138 Å². The lowest BCUT2D eigenvalue weighted by Gasteiger charge is -2.13. The van der Waals surface area contributed by atoms with E-state index in [1.165, 1.54) is 4.90 Å². The summed E-state index contributed by atoms with van der Waals surface area (Å²) in [5, 5.41) is 7.06. The fourth-order valence-electron chi connectivity index (χ4n) is 2.36. The monoisotopic (exact) mass is 355 g/mol. The highest BCUT2D eigenvalue weighted by atomic mass is 35.5. The molecular formula is C14H14ClN3O4S. The van der Waals surface area contributed by atoms with E-state index in [1.807, 2.05) is 0 Å². The maximum atomic E-state index is 12.3. The molecule has 1 aromatic carbocycles. The molecule has 0 atom stereocenters. The van der Waals surface area contributed by atoms with Crippen molar-refractivity contribution in [3.05, 3.63) is 29.3 Å². The zero-order chi connectivity index (χ0) is 16.4. The van der Waals surface area contributed by atoms with Crippen molar-refractivity contribution in [2.45, 2.75) is 18.1 Å². The topological polar surface area (TPSA) is 93.4 Å². The molecule has 0 radical (unpaired) electrons. The van der Waals surface area contributed by atoms with E-state index in [9.17, 15) is 13.2 Å². The van der Waals surface area contributed by atoms with Crippen LogP contribution in [0.25, 0.3) is 11.5 Å². The normalized spacial score (nSPS) is 15.1. The second-order valence-corrected chi connectivity index (χ2v) is 7.47. The van der Waals surface area contributed by atoms with Gasteiger partial charge in [0.2, 0.25) is 21.6 Å². The lowest BCUT2D eigenvalue weighted by molar-refractivity contribution is -0.127. The van der Waals surface area contributed by atoms with E-state index in [4.69, 9.17) is 16.0 Å². The predicted molar refractivity (Wildman–Crippen MR) is 82.6 cm³/mol. The summed E-state index contributed by atoms with van der Waals surface area (Å²) in [6, 6.07) is 6.72. The van der Waals surface area contributed by atoms with Crippen molar-refractivity contribution in [2.24, 2.45) is 0 Å². The molecule has 2 heterocycles. The summed E-state index contributed by atoms with van der Waals surface area (Å²) >= 11 is 6.01. The number of nitrogens with zero attached hydrogens (tertiary/aromatic N) is 3. The molecule has 2 aromatic rings. The largest absolute Gasteiger partial charge is 0.408 e. The maximum absolute atomic E-state index is 12.3. The molecule has 122 valence electrons. The zero-order valence-electron chi connectivity index (χ0n) is 12.1. The highest BCUT2D eigenvalue weighted by Crippen LogP contribution is 2.27. The smallest absolute Gasteiger partial charge is 0.336 e. The minimum Gasteiger partial charge on any atom is -0.408 e. The molecule has 0 saturated carbocycles. The summed E-state index contributed by atoms with van der Waals surface area (Å²) in [5.41, 5.74) is 0.439. The van der Waals surface area contributed by atoms with Gasteiger partial charge in [0.25, 0.3) is 0 Å². The number of aromatic nitrogens is 2. The molecule has 9 heteroatoms. The van der Waals surface area contributed by atoms with Crippen molar-refractivity contribution in [3.8, 4) is 11.5 Å². The Kier molecular flexibility index (Phi) is 4.36. The van der Waals surface area contributed by atoms with Crippen LogP contribution in [0.1, 0.15) is 12.8 Å². The van der Waals surface area contributed by atoms with Crippen LogP contribution in [-0.4, -0.2) is 48.3 Å². The van der Waals surface area contributed by atoms with Crippen LogP contribution in [0.3, 0.4) is 0 Å². The third-order valence-corrected chi connectivity index (χ3v) is 5.20. The Morgan fingerprint density at radius 2 is 1.91 bits per heavy atom. The van der Waals surface area contributed by atoms with Crippen LogP contribution in [0, 0.1) is 0 Å². The fraction of sp³-hybridized carbons (Fsp3) is 0.357. The minimum absolute atomic E-state index is 0.00259. The van der Waals surface area contributed by atoms with Crippen LogP contribution in [-0.2, 0) is 14.6 Å². The fourth-order valence-corrected chi connectivity index (χ4v) is 3.58. The van der Waals surface area contributed by atoms with Gasteiger partial charge in [0, 0.05) is 13.1 Å². The van der Waals surface area contributed by atoms with Gasteiger partial charge in [-0.3, -0.25) is 4.79 Å². The Hall–Kier alpha value is -1.93. The summed E-state index contributed by atoms with van der Waals surface area (Å²) in [4.78, 5) is 13.5. The molecule has 3 rings (SSSR count). The molecular weight excluding hydrogens is 342 g/mol. The SMILES string of the molecule is O=C(CS(=O)(=O)c1nnc(-c2ccccc2Cl)o1)N1CCCC1. The van der Waals surface area contributed by atoms with E-state index in [-0.39, 0.29) is 5.89 Å². The number of hydrogen-bond donors (Lipinski definition) is 0. The van der Waals surface area contributed by atoms with Crippen molar-refractivity contribution in [1.29, 1.82) is 0 Å². The molecule has 1 aliphatic rings. The van der Waals surface area contributed by atoms with Gasteiger partial charge >= 0.3 is 5.22 Å². The van der Waals surface area contributed by atoms with Crippen LogP contribution in [0.5, 0.6) is 0 Å². The summed E-state index contributed by atoms with van der Waals surface area (Å²) in [6.07, 6.45) is 1.78. The van der Waals surface area contributed by atoms with Crippen LogP contribution >= 0.6 is 11.6 Å². The van der Waals surface area contributed by atoms with Crippen LogP contribution < -0.4 is 0 Å². The molecule has 0 aliphatic carbocycles. The van der Waals surface area contributed by atoms with Crippen molar-refractivity contribution in [3.63, 3.8) is 0 Å². The number of carbonyl (C=O) groups excluding carboxylic acids is 1. The first-order valence-electron chi connectivity index (χ1n) is 7.06.